The molecule has 2 heterocycles. The summed E-state index contributed by atoms with van der Waals surface area (Å²) in [7, 11) is 0. The number of fused-ring (bicyclic) bond motifs is 1. The zero-order valence-corrected chi connectivity index (χ0v) is 11.1. The van der Waals surface area contributed by atoms with Crippen molar-refractivity contribution >= 4 is 17.2 Å². The number of aromatic nitrogens is 3. The van der Waals surface area contributed by atoms with Crippen molar-refractivity contribution in [2.75, 3.05) is 13.2 Å². The third kappa shape index (κ3) is 2.01. The van der Waals surface area contributed by atoms with E-state index in [1.165, 1.54) is 0 Å². The zero-order chi connectivity index (χ0) is 13.4. The van der Waals surface area contributed by atoms with Gasteiger partial charge in [-0.3, -0.25) is 0 Å². The molecule has 0 amide bonds. The standard InChI is InChI=1S/C12H12N4O2S/c1-7-11(12(13)19)14-15-16(7)8-2-3-9-10(6-8)18-5-4-17-9/h2-3,6H,4-5H2,1H3,(H2,13,19). The Labute approximate surface area is 115 Å². The highest BCUT2D eigenvalue weighted by Crippen LogP contribution is 2.32. The van der Waals surface area contributed by atoms with Crippen LogP contribution in [-0.2, 0) is 0 Å². The lowest BCUT2D eigenvalue weighted by atomic mass is 10.2. The Bertz CT molecular complexity index is 653. The van der Waals surface area contributed by atoms with Crippen LogP contribution < -0.4 is 15.2 Å². The van der Waals surface area contributed by atoms with Gasteiger partial charge in [0.15, 0.2) is 11.5 Å². The Morgan fingerprint density at radius 2 is 2.05 bits per heavy atom. The van der Waals surface area contributed by atoms with Gasteiger partial charge in [-0.1, -0.05) is 17.4 Å². The minimum absolute atomic E-state index is 0.237. The SMILES string of the molecule is Cc1c(C(N)=S)nnn1-c1ccc2c(c1)OCCO2. The third-order valence-electron chi connectivity index (χ3n) is 2.90. The zero-order valence-electron chi connectivity index (χ0n) is 10.3. The van der Waals surface area contributed by atoms with Crippen LogP contribution in [0.1, 0.15) is 11.4 Å². The Morgan fingerprint density at radius 3 is 2.74 bits per heavy atom. The molecule has 0 radical (unpaired) electrons. The van der Waals surface area contributed by atoms with Crippen LogP contribution in [0.2, 0.25) is 0 Å². The molecule has 1 aromatic heterocycles. The van der Waals surface area contributed by atoms with Crippen molar-refractivity contribution in [3.63, 3.8) is 0 Å². The van der Waals surface area contributed by atoms with Crippen molar-refractivity contribution in [1.29, 1.82) is 0 Å². The molecule has 0 spiro atoms. The number of thiocarbonyl (C=S) groups is 1. The fourth-order valence-corrected chi connectivity index (χ4v) is 2.15. The van der Waals surface area contributed by atoms with Gasteiger partial charge in [-0.2, -0.15) is 0 Å². The highest BCUT2D eigenvalue weighted by molar-refractivity contribution is 7.80. The number of benzene rings is 1. The van der Waals surface area contributed by atoms with E-state index in [2.05, 4.69) is 10.3 Å². The van der Waals surface area contributed by atoms with Crippen molar-refractivity contribution < 1.29 is 9.47 Å². The van der Waals surface area contributed by atoms with E-state index in [0.29, 0.717) is 24.7 Å². The van der Waals surface area contributed by atoms with Gasteiger partial charge in [-0.05, 0) is 19.1 Å². The van der Waals surface area contributed by atoms with Gasteiger partial charge in [0.1, 0.15) is 23.9 Å². The number of ether oxygens (including phenoxy) is 2. The van der Waals surface area contributed by atoms with Gasteiger partial charge in [0, 0.05) is 6.07 Å². The molecule has 0 unspecified atom stereocenters. The molecule has 19 heavy (non-hydrogen) atoms. The second kappa shape index (κ2) is 4.51. The van der Waals surface area contributed by atoms with Crippen LogP contribution in [0.25, 0.3) is 5.69 Å². The molecule has 2 N–H and O–H groups in total. The van der Waals surface area contributed by atoms with Crippen molar-refractivity contribution in [2.45, 2.75) is 6.92 Å². The van der Waals surface area contributed by atoms with Crippen molar-refractivity contribution in [2.24, 2.45) is 5.73 Å². The summed E-state index contributed by atoms with van der Waals surface area (Å²) in [6.45, 7) is 2.98. The minimum atomic E-state index is 0.237. The normalized spacial score (nSPS) is 13.3. The van der Waals surface area contributed by atoms with Gasteiger partial charge in [0.05, 0.1) is 11.4 Å². The predicted molar refractivity (Wildman–Crippen MR) is 73.0 cm³/mol. The molecule has 2 aromatic rings. The van der Waals surface area contributed by atoms with Crippen LogP contribution in [0.3, 0.4) is 0 Å². The third-order valence-corrected chi connectivity index (χ3v) is 3.09. The topological polar surface area (TPSA) is 75.2 Å². The smallest absolute Gasteiger partial charge is 0.163 e. The van der Waals surface area contributed by atoms with E-state index in [9.17, 15) is 0 Å². The van der Waals surface area contributed by atoms with E-state index in [-0.39, 0.29) is 4.99 Å². The molecular weight excluding hydrogens is 264 g/mol. The molecule has 98 valence electrons. The van der Waals surface area contributed by atoms with Crippen molar-refractivity contribution in [3.05, 3.63) is 29.6 Å². The summed E-state index contributed by atoms with van der Waals surface area (Å²) < 4.78 is 12.7. The first kappa shape index (κ1) is 11.9. The van der Waals surface area contributed by atoms with Crippen LogP contribution in [0.15, 0.2) is 18.2 Å². The largest absolute Gasteiger partial charge is 0.486 e. The Morgan fingerprint density at radius 1 is 1.32 bits per heavy atom. The predicted octanol–water partition coefficient (Wildman–Crippen LogP) is 0.981. The molecular formula is C12H12N4O2S. The fourth-order valence-electron chi connectivity index (χ4n) is 1.97. The summed E-state index contributed by atoms with van der Waals surface area (Å²) in [4.78, 5) is 0.237. The van der Waals surface area contributed by atoms with Gasteiger partial charge in [-0.15, -0.1) is 5.10 Å². The molecule has 0 aliphatic carbocycles. The summed E-state index contributed by atoms with van der Waals surface area (Å²) in [6.07, 6.45) is 0. The van der Waals surface area contributed by atoms with Crippen LogP contribution in [-0.4, -0.2) is 33.2 Å². The quantitative estimate of drug-likeness (QED) is 0.824. The summed E-state index contributed by atoms with van der Waals surface area (Å²) in [6, 6.07) is 5.60. The molecule has 0 fully saturated rings. The first-order chi connectivity index (χ1) is 9.16. The first-order valence-corrected chi connectivity index (χ1v) is 6.20. The van der Waals surface area contributed by atoms with Crippen LogP contribution in [0.4, 0.5) is 0 Å². The lowest BCUT2D eigenvalue weighted by Gasteiger charge is -2.18. The number of nitrogens with zero attached hydrogens (tertiary/aromatic N) is 3. The van der Waals surface area contributed by atoms with Gasteiger partial charge in [0.2, 0.25) is 0 Å². The van der Waals surface area contributed by atoms with Gasteiger partial charge in [-0.25, -0.2) is 4.68 Å². The fraction of sp³-hybridized carbons (Fsp3) is 0.250. The number of nitrogens with two attached hydrogens (primary N) is 1. The van der Waals surface area contributed by atoms with Crippen LogP contribution in [0.5, 0.6) is 11.5 Å². The second-order valence-corrected chi connectivity index (χ2v) is 4.57. The summed E-state index contributed by atoms with van der Waals surface area (Å²) in [5, 5.41) is 8.04. The number of rotatable bonds is 2. The molecule has 1 aromatic carbocycles. The number of hydrogen-bond donors (Lipinski definition) is 1. The number of hydrogen-bond acceptors (Lipinski definition) is 5. The van der Waals surface area contributed by atoms with E-state index < -0.39 is 0 Å². The summed E-state index contributed by atoms with van der Waals surface area (Å²) in [5.41, 5.74) is 7.75. The average molecular weight is 276 g/mol. The van der Waals surface area contributed by atoms with Gasteiger partial charge < -0.3 is 15.2 Å². The molecule has 3 rings (SSSR count). The molecule has 0 bridgehead atoms. The van der Waals surface area contributed by atoms with Gasteiger partial charge in [0.25, 0.3) is 0 Å². The Kier molecular flexibility index (Phi) is 2.83. The Balaban J connectivity index is 2.05. The van der Waals surface area contributed by atoms with E-state index in [1.54, 1.807) is 4.68 Å². The molecule has 0 saturated heterocycles. The second-order valence-electron chi connectivity index (χ2n) is 4.13. The molecule has 1 aliphatic rings. The maximum Gasteiger partial charge on any atom is 0.163 e. The highest BCUT2D eigenvalue weighted by Gasteiger charge is 2.16. The van der Waals surface area contributed by atoms with Gasteiger partial charge >= 0.3 is 0 Å². The van der Waals surface area contributed by atoms with Crippen LogP contribution >= 0.6 is 12.2 Å². The van der Waals surface area contributed by atoms with Crippen molar-refractivity contribution in [1.82, 2.24) is 15.0 Å². The summed E-state index contributed by atoms with van der Waals surface area (Å²) in [5.74, 6) is 1.44. The lowest BCUT2D eigenvalue weighted by molar-refractivity contribution is 0.171. The van der Waals surface area contributed by atoms with E-state index in [1.807, 2.05) is 25.1 Å². The monoisotopic (exact) mass is 276 g/mol. The highest BCUT2D eigenvalue weighted by atomic mass is 32.1. The molecule has 0 saturated carbocycles. The van der Waals surface area contributed by atoms with E-state index in [4.69, 9.17) is 27.4 Å². The van der Waals surface area contributed by atoms with E-state index >= 15 is 0 Å². The van der Waals surface area contributed by atoms with E-state index in [0.717, 1.165) is 17.1 Å². The molecule has 1 aliphatic heterocycles. The summed E-state index contributed by atoms with van der Waals surface area (Å²) >= 11 is 4.93. The molecule has 0 atom stereocenters. The average Bonchev–Trinajstić information content (AvgIpc) is 2.80. The minimum Gasteiger partial charge on any atom is -0.486 e. The van der Waals surface area contributed by atoms with Crippen molar-refractivity contribution in [3.8, 4) is 17.2 Å². The lowest BCUT2D eigenvalue weighted by Crippen LogP contribution is -2.15. The maximum atomic E-state index is 5.59. The first-order valence-electron chi connectivity index (χ1n) is 5.79. The molecule has 7 heteroatoms. The molecule has 6 nitrogen and oxygen atoms in total. The Hall–Kier alpha value is -2.15. The van der Waals surface area contributed by atoms with Crippen LogP contribution in [0, 0.1) is 6.92 Å². The maximum absolute atomic E-state index is 5.59.